The topological polar surface area (TPSA) is 86.5 Å². The Kier molecular flexibility index (Phi) is 5.08. The number of hydrogen-bond acceptors (Lipinski definition) is 5. The highest BCUT2D eigenvalue weighted by atomic mass is 16.6. The molecule has 27 heavy (non-hydrogen) atoms. The van der Waals surface area contributed by atoms with Crippen LogP contribution in [0.3, 0.4) is 0 Å². The number of carbonyl (C=O) groups is 2. The van der Waals surface area contributed by atoms with Crippen LogP contribution in [0.4, 0.5) is 5.69 Å². The molecule has 3 aromatic rings. The van der Waals surface area contributed by atoms with Gasteiger partial charge in [0.05, 0.1) is 10.5 Å². The highest BCUT2D eigenvalue weighted by Gasteiger charge is 2.17. The number of nitro groups is 1. The van der Waals surface area contributed by atoms with E-state index in [1.807, 2.05) is 6.07 Å². The number of esters is 1. The molecule has 0 fully saturated rings. The number of aryl methyl sites for hydroxylation is 1. The quantitative estimate of drug-likeness (QED) is 0.222. The van der Waals surface area contributed by atoms with Gasteiger partial charge in [-0.3, -0.25) is 14.9 Å². The molecule has 6 heteroatoms. The monoisotopic (exact) mass is 361 g/mol. The molecule has 0 radical (unpaired) electrons. The number of nitro benzene ring substituents is 1. The van der Waals surface area contributed by atoms with Crippen molar-refractivity contribution >= 4 is 17.4 Å². The molecule has 134 valence electrons. The fraction of sp³-hybridized carbons (Fsp3) is 0.0476. The van der Waals surface area contributed by atoms with E-state index in [9.17, 15) is 19.7 Å². The first-order valence-electron chi connectivity index (χ1n) is 8.13. The Morgan fingerprint density at radius 1 is 0.852 bits per heavy atom. The summed E-state index contributed by atoms with van der Waals surface area (Å²) in [6.07, 6.45) is 0. The molecule has 0 unspecified atom stereocenters. The number of hydrogen-bond donors (Lipinski definition) is 0. The Labute approximate surface area is 155 Å². The number of benzene rings is 3. The van der Waals surface area contributed by atoms with Gasteiger partial charge in [-0.05, 0) is 37.3 Å². The van der Waals surface area contributed by atoms with Crippen LogP contribution in [0.5, 0.6) is 5.75 Å². The summed E-state index contributed by atoms with van der Waals surface area (Å²) in [5.41, 5.74) is 1.42. The van der Waals surface area contributed by atoms with Crippen LogP contribution in [-0.2, 0) is 0 Å². The Morgan fingerprint density at radius 2 is 1.44 bits per heavy atom. The summed E-state index contributed by atoms with van der Waals surface area (Å²) in [7, 11) is 0. The SMILES string of the molecule is Cc1ccc(C(=O)Oc2ccc(C(=O)c3ccccc3)cc2)cc1[N+](=O)[O-]. The predicted octanol–water partition coefficient (Wildman–Crippen LogP) is 4.35. The van der Waals surface area contributed by atoms with Crippen molar-refractivity contribution in [2.75, 3.05) is 0 Å². The average Bonchev–Trinajstić information content (AvgIpc) is 2.68. The molecule has 0 atom stereocenters. The summed E-state index contributed by atoms with van der Waals surface area (Å²) < 4.78 is 5.24. The van der Waals surface area contributed by atoms with Crippen molar-refractivity contribution in [3.05, 3.63) is 105 Å². The predicted molar refractivity (Wildman–Crippen MR) is 99.1 cm³/mol. The third-order valence-electron chi connectivity index (χ3n) is 4.00. The Bertz CT molecular complexity index is 1010. The van der Waals surface area contributed by atoms with Crippen molar-refractivity contribution in [3.63, 3.8) is 0 Å². The third kappa shape index (κ3) is 4.07. The van der Waals surface area contributed by atoms with Crippen LogP contribution in [0.15, 0.2) is 72.8 Å². The van der Waals surface area contributed by atoms with Gasteiger partial charge in [-0.25, -0.2) is 4.79 Å². The fourth-order valence-corrected chi connectivity index (χ4v) is 2.53. The van der Waals surface area contributed by atoms with Gasteiger partial charge in [0.2, 0.25) is 0 Å². The molecule has 0 saturated heterocycles. The molecule has 6 nitrogen and oxygen atoms in total. The second-order valence-corrected chi connectivity index (χ2v) is 5.87. The first-order chi connectivity index (χ1) is 13.0. The summed E-state index contributed by atoms with van der Waals surface area (Å²) in [4.78, 5) is 35.0. The summed E-state index contributed by atoms with van der Waals surface area (Å²) in [6, 6.07) is 19.1. The van der Waals surface area contributed by atoms with Crippen molar-refractivity contribution in [2.24, 2.45) is 0 Å². The van der Waals surface area contributed by atoms with Gasteiger partial charge in [-0.1, -0.05) is 36.4 Å². The van der Waals surface area contributed by atoms with Crippen molar-refractivity contribution in [3.8, 4) is 5.75 Å². The summed E-state index contributed by atoms with van der Waals surface area (Å²) in [5, 5.41) is 11.0. The van der Waals surface area contributed by atoms with Gasteiger partial charge in [0.25, 0.3) is 5.69 Å². The lowest BCUT2D eigenvalue weighted by molar-refractivity contribution is -0.385. The van der Waals surface area contributed by atoms with Gasteiger partial charge in [0.1, 0.15) is 5.75 Å². The van der Waals surface area contributed by atoms with Gasteiger partial charge >= 0.3 is 5.97 Å². The van der Waals surface area contributed by atoms with E-state index < -0.39 is 10.9 Å². The maximum absolute atomic E-state index is 12.4. The van der Waals surface area contributed by atoms with Crippen LogP contribution in [0.1, 0.15) is 31.8 Å². The molecule has 0 saturated carbocycles. The van der Waals surface area contributed by atoms with E-state index in [1.165, 1.54) is 30.3 Å². The zero-order chi connectivity index (χ0) is 19.4. The number of ketones is 1. The molecule has 0 spiro atoms. The van der Waals surface area contributed by atoms with E-state index >= 15 is 0 Å². The third-order valence-corrected chi connectivity index (χ3v) is 4.00. The minimum absolute atomic E-state index is 0.0803. The highest BCUT2D eigenvalue weighted by molar-refractivity contribution is 6.09. The van der Waals surface area contributed by atoms with Crippen molar-refractivity contribution < 1.29 is 19.2 Å². The molecular weight excluding hydrogens is 346 g/mol. The average molecular weight is 361 g/mol. The Morgan fingerprint density at radius 3 is 2.07 bits per heavy atom. The second kappa shape index (κ2) is 7.61. The van der Waals surface area contributed by atoms with E-state index in [2.05, 4.69) is 0 Å². The molecule has 0 amide bonds. The summed E-state index contributed by atoms with van der Waals surface area (Å²) >= 11 is 0. The molecule has 0 bridgehead atoms. The summed E-state index contributed by atoms with van der Waals surface area (Å²) in [6.45, 7) is 1.59. The molecular formula is C21H15NO5. The Balaban J connectivity index is 1.75. The smallest absolute Gasteiger partial charge is 0.343 e. The zero-order valence-corrected chi connectivity index (χ0v) is 14.4. The molecule has 0 N–H and O–H groups in total. The first kappa shape index (κ1) is 18.0. The molecule has 0 heterocycles. The summed E-state index contributed by atoms with van der Waals surface area (Å²) in [5.74, 6) is -0.601. The lowest BCUT2D eigenvalue weighted by Crippen LogP contribution is -2.09. The molecule has 0 aromatic heterocycles. The molecule has 0 aliphatic heterocycles. The largest absolute Gasteiger partial charge is 0.423 e. The highest BCUT2D eigenvalue weighted by Crippen LogP contribution is 2.21. The fourth-order valence-electron chi connectivity index (χ4n) is 2.53. The standard InChI is InChI=1S/C21H15NO5/c1-14-7-8-17(13-19(14)22(25)26)21(24)27-18-11-9-16(10-12-18)20(23)15-5-3-2-4-6-15/h2-13H,1H3. The normalized spacial score (nSPS) is 10.3. The van der Waals surface area contributed by atoms with E-state index in [1.54, 1.807) is 43.3 Å². The van der Waals surface area contributed by atoms with Crippen LogP contribution in [0, 0.1) is 17.0 Å². The van der Waals surface area contributed by atoms with Gasteiger partial charge in [0, 0.05) is 22.8 Å². The van der Waals surface area contributed by atoms with Gasteiger partial charge in [-0.2, -0.15) is 0 Å². The van der Waals surface area contributed by atoms with E-state index in [0.29, 0.717) is 16.7 Å². The van der Waals surface area contributed by atoms with Crippen molar-refractivity contribution in [1.29, 1.82) is 0 Å². The molecule has 3 rings (SSSR count). The molecule has 0 aliphatic carbocycles. The zero-order valence-electron chi connectivity index (χ0n) is 14.4. The maximum Gasteiger partial charge on any atom is 0.343 e. The van der Waals surface area contributed by atoms with Gasteiger partial charge < -0.3 is 4.74 Å². The number of carbonyl (C=O) groups excluding carboxylic acids is 2. The van der Waals surface area contributed by atoms with Crippen LogP contribution in [0.25, 0.3) is 0 Å². The molecule has 3 aromatic carbocycles. The first-order valence-corrected chi connectivity index (χ1v) is 8.13. The van der Waals surface area contributed by atoms with Crippen molar-refractivity contribution in [1.82, 2.24) is 0 Å². The van der Waals surface area contributed by atoms with Crippen LogP contribution >= 0.6 is 0 Å². The number of nitrogens with zero attached hydrogens (tertiary/aromatic N) is 1. The number of ether oxygens (including phenoxy) is 1. The minimum Gasteiger partial charge on any atom is -0.423 e. The van der Waals surface area contributed by atoms with Gasteiger partial charge in [0.15, 0.2) is 5.78 Å². The van der Waals surface area contributed by atoms with Gasteiger partial charge in [-0.15, -0.1) is 0 Å². The maximum atomic E-state index is 12.4. The van der Waals surface area contributed by atoms with Crippen LogP contribution in [-0.4, -0.2) is 16.7 Å². The Hall–Kier alpha value is -3.80. The lowest BCUT2D eigenvalue weighted by Gasteiger charge is -2.06. The molecule has 0 aliphatic rings. The van der Waals surface area contributed by atoms with Crippen molar-refractivity contribution in [2.45, 2.75) is 6.92 Å². The lowest BCUT2D eigenvalue weighted by atomic mass is 10.0. The number of rotatable bonds is 5. The van der Waals surface area contributed by atoms with E-state index in [-0.39, 0.29) is 22.8 Å². The van der Waals surface area contributed by atoms with Crippen LogP contribution in [0.2, 0.25) is 0 Å². The van der Waals surface area contributed by atoms with Crippen LogP contribution < -0.4 is 4.74 Å². The van der Waals surface area contributed by atoms with E-state index in [4.69, 9.17) is 4.74 Å². The van der Waals surface area contributed by atoms with E-state index in [0.717, 1.165) is 0 Å². The minimum atomic E-state index is -0.708. The second-order valence-electron chi connectivity index (χ2n) is 5.87.